The summed E-state index contributed by atoms with van der Waals surface area (Å²) in [5, 5.41) is 6.24. The Morgan fingerprint density at radius 3 is 2.05 bits per heavy atom. The van der Waals surface area contributed by atoms with Crippen LogP contribution in [0.4, 0.5) is 0 Å². The van der Waals surface area contributed by atoms with Gasteiger partial charge in [0.1, 0.15) is 0 Å². The third-order valence-electron chi connectivity index (χ3n) is 7.51. The van der Waals surface area contributed by atoms with E-state index < -0.39 is 0 Å². The van der Waals surface area contributed by atoms with E-state index in [0.717, 1.165) is 43.7 Å². The third-order valence-corrected chi connectivity index (χ3v) is 7.51. The number of ether oxygens (including phenoxy) is 1. The maximum atomic E-state index is 6.35. The Labute approximate surface area is 244 Å². The van der Waals surface area contributed by atoms with Crippen molar-refractivity contribution in [1.82, 2.24) is 23.8 Å². The second-order valence-corrected chi connectivity index (χ2v) is 10.9. The topological polar surface area (TPSA) is 56.7 Å². The maximum absolute atomic E-state index is 6.35. The van der Waals surface area contributed by atoms with Gasteiger partial charge in [-0.2, -0.15) is 0 Å². The minimum atomic E-state index is -0.00875. The van der Waals surface area contributed by atoms with Crippen molar-refractivity contribution in [3.63, 3.8) is 0 Å². The van der Waals surface area contributed by atoms with E-state index in [2.05, 4.69) is 77.6 Å². The quantitative estimate of drug-likeness (QED) is 0.137. The van der Waals surface area contributed by atoms with Gasteiger partial charge in [0, 0.05) is 54.2 Å². The molecule has 196 valence electrons. The molecule has 0 atom stereocenters. The molecule has 0 N–H and O–H groups in total. The minimum absolute atomic E-state index is 0. The van der Waals surface area contributed by atoms with Gasteiger partial charge in [-0.3, -0.25) is 15.0 Å². The fraction of sp³-hybridized carbons (Fsp3) is 0.121. The number of pyridine rings is 3. The molecule has 0 aliphatic carbocycles. The average Bonchev–Trinajstić information content (AvgIpc) is 3.63. The molecule has 8 rings (SSSR count). The molecule has 0 amide bonds. The smallest absolute Gasteiger partial charge is 0.497 e. The van der Waals surface area contributed by atoms with Crippen molar-refractivity contribution in [2.75, 3.05) is 0 Å². The predicted octanol–water partition coefficient (Wildman–Crippen LogP) is 7.68. The normalized spacial score (nSPS) is 12.2. The summed E-state index contributed by atoms with van der Waals surface area (Å²) in [6.45, 7) is 6.73. The predicted molar refractivity (Wildman–Crippen MR) is 155 cm³/mol. The number of aromatic nitrogens is 5. The van der Waals surface area contributed by atoms with Gasteiger partial charge >= 0.3 is 21.1 Å². The standard InChI is InChI=1S/C33H23N5O.Pt/c1-33(2,3)28-6-4-5-25-23-10-8-21(18-27(23)32-36-14-16-38(32)30(25)28)39-20-7-9-22-24-11-12-34-19-29(24)37-15-13-35-31(37)26(22)17-20;/h4-16,19H,1-3H3;/q-2;+2. The number of para-hydroxylation sites is 1. The van der Waals surface area contributed by atoms with E-state index in [1.165, 1.54) is 16.5 Å². The zero-order valence-corrected chi connectivity index (χ0v) is 24.3. The summed E-state index contributed by atoms with van der Waals surface area (Å²) < 4.78 is 10.6. The van der Waals surface area contributed by atoms with Gasteiger partial charge in [0.15, 0.2) is 0 Å². The molecule has 0 radical (unpaired) electrons. The molecule has 7 heteroatoms. The average molecular weight is 701 g/mol. The van der Waals surface area contributed by atoms with Gasteiger partial charge in [-0.25, -0.2) is 0 Å². The van der Waals surface area contributed by atoms with Crippen molar-refractivity contribution in [1.29, 1.82) is 0 Å². The van der Waals surface area contributed by atoms with E-state index in [0.29, 0.717) is 11.5 Å². The van der Waals surface area contributed by atoms with Crippen LogP contribution in [-0.4, -0.2) is 23.8 Å². The van der Waals surface area contributed by atoms with Crippen LogP contribution in [0.3, 0.4) is 0 Å². The third kappa shape index (κ3) is 3.56. The molecule has 0 aliphatic heterocycles. The van der Waals surface area contributed by atoms with E-state index >= 15 is 0 Å². The van der Waals surface area contributed by atoms with Crippen LogP contribution < -0.4 is 4.74 Å². The number of rotatable bonds is 2. The van der Waals surface area contributed by atoms with E-state index in [-0.39, 0.29) is 26.5 Å². The molecule has 0 saturated heterocycles. The number of hydrogen-bond acceptors (Lipinski definition) is 4. The van der Waals surface area contributed by atoms with Crippen molar-refractivity contribution >= 4 is 54.6 Å². The van der Waals surface area contributed by atoms with Crippen LogP contribution in [0.2, 0.25) is 0 Å². The molecule has 0 fully saturated rings. The zero-order valence-electron chi connectivity index (χ0n) is 22.0. The van der Waals surface area contributed by atoms with E-state index in [4.69, 9.17) is 9.72 Å². The Bertz CT molecular complexity index is 2260. The van der Waals surface area contributed by atoms with Crippen LogP contribution in [0.15, 0.2) is 85.7 Å². The molecule has 0 spiro atoms. The van der Waals surface area contributed by atoms with Crippen LogP contribution in [0.1, 0.15) is 26.3 Å². The van der Waals surface area contributed by atoms with E-state index in [1.54, 1.807) is 6.20 Å². The number of nitrogens with zero attached hydrogens (tertiary/aromatic N) is 5. The van der Waals surface area contributed by atoms with Gasteiger partial charge in [0.2, 0.25) is 0 Å². The van der Waals surface area contributed by atoms with Crippen LogP contribution >= 0.6 is 0 Å². The van der Waals surface area contributed by atoms with E-state index in [1.807, 2.05) is 53.6 Å². The monoisotopic (exact) mass is 700 g/mol. The molecule has 0 aliphatic rings. The number of imidazole rings is 2. The van der Waals surface area contributed by atoms with Gasteiger partial charge in [0.05, 0.1) is 16.8 Å². The van der Waals surface area contributed by atoms with E-state index in [9.17, 15) is 0 Å². The molecule has 0 unspecified atom stereocenters. The molecule has 40 heavy (non-hydrogen) atoms. The van der Waals surface area contributed by atoms with Gasteiger partial charge in [0.25, 0.3) is 0 Å². The molecule has 3 aromatic carbocycles. The summed E-state index contributed by atoms with van der Waals surface area (Å²) in [5.74, 6) is 1.21. The first kappa shape index (κ1) is 24.7. The van der Waals surface area contributed by atoms with Crippen LogP contribution in [0.5, 0.6) is 11.5 Å². The zero-order chi connectivity index (χ0) is 26.3. The number of fused-ring (bicyclic) bond motifs is 12. The molecule has 6 nitrogen and oxygen atoms in total. The van der Waals surface area contributed by atoms with Crippen molar-refractivity contribution in [2.45, 2.75) is 26.2 Å². The maximum Gasteiger partial charge on any atom is 2.00 e. The Hall–Kier alpha value is -4.28. The largest absolute Gasteiger partial charge is 2.00 e. The summed E-state index contributed by atoms with van der Waals surface area (Å²) in [6, 6.07) is 23.6. The number of benzene rings is 3. The molecule has 5 aromatic heterocycles. The fourth-order valence-corrected chi connectivity index (χ4v) is 5.77. The van der Waals surface area contributed by atoms with Gasteiger partial charge in [-0.05, 0) is 27.8 Å². The molecule has 5 heterocycles. The summed E-state index contributed by atoms with van der Waals surface area (Å²) >= 11 is 0. The SMILES string of the molecule is CC(C)(C)c1cccc2c3ccc(Oc4[c-]c5c(cc4)c4ccncc4n4ccnc54)[c-]c3c3nccn3c12.[Pt+2]. The summed E-state index contributed by atoms with van der Waals surface area (Å²) in [4.78, 5) is 13.6. The molecular formula is C33H23N5OPt. The first-order chi connectivity index (χ1) is 19.0. The second kappa shape index (κ2) is 8.87. The Morgan fingerprint density at radius 2 is 1.35 bits per heavy atom. The fourth-order valence-electron chi connectivity index (χ4n) is 5.77. The number of hydrogen-bond donors (Lipinski definition) is 0. The van der Waals surface area contributed by atoms with Gasteiger partial charge in [-0.1, -0.05) is 84.8 Å². The van der Waals surface area contributed by atoms with Gasteiger partial charge < -0.3 is 13.5 Å². The second-order valence-electron chi connectivity index (χ2n) is 10.9. The summed E-state index contributed by atoms with van der Waals surface area (Å²) in [6.07, 6.45) is 11.3. The van der Waals surface area contributed by atoms with Crippen LogP contribution in [0, 0.1) is 12.1 Å². The first-order valence-corrected chi connectivity index (χ1v) is 12.9. The Kier molecular flexibility index (Phi) is 5.48. The van der Waals surface area contributed by atoms with Crippen molar-refractivity contribution in [3.8, 4) is 11.5 Å². The Morgan fingerprint density at radius 1 is 0.700 bits per heavy atom. The van der Waals surface area contributed by atoms with Crippen LogP contribution in [-0.2, 0) is 26.5 Å². The molecule has 0 saturated carbocycles. The summed E-state index contributed by atoms with van der Waals surface area (Å²) in [5.41, 5.74) is 5.14. The van der Waals surface area contributed by atoms with Gasteiger partial charge in [-0.15, -0.1) is 12.1 Å². The summed E-state index contributed by atoms with van der Waals surface area (Å²) in [7, 11) is 0. The Balaban J connectivity index is 0.00000264. The molecular weight excluding hydrogens is 677 g/mol. The first-order valence-electron chi connectivity index (χ1n) is 12.9. The minimum Gasteiger partial charge on any atom is -0.497 e. The van der Waals surface area contributed by atoms with Crippen molar-refractivity contribution < 1.29 is 25.8 Å². The molecule has 0 bridgehead atoms. The molecule has 8 aromatic rings. The van der Waals surface area contributed by atoms with Crippen molar-refractivity contribution in [2.24, 2.45) is 0 Å². The van der Waals surface area contributed by atoms with Crippen LogP contribution in [0.25, 0.3) is 54.6 Å². The van der Waals surface area contributed by atoms with Crippen molar-refractivity contribution in [3.05, 3.63) is 103 Å².